The summed E-state index contributed by atoms with van der Waals surface area (Å²) in [5, 5.41) is 0.537. The Morgan fingerprint density at radius 2 is 2.00 bits per heavy atom. The quantitative estimate of drug-likeness (QED) is 0.680. The van der Waals surface area contributed by atoms with Gasteiger partial charge in [0.25, 0.3) is 0 Å². The standard InChI is InChI=1S/C11H10FNO/c1-6-5-10(14)8-3-4-9(12)7(2)11(8)13-6/h3-5H,1-2H3,(H,13,14). The van der Waals surface area contributed by atoms with E-state index in [1.165, 1.54) is 18.2 Å². The third-order valence-corrected chi connectivity index (χ3v) is 2.33. The van der Waals surface area contributed by atoms with Gasteiger partial charge in [0.15, 0.2) is 5.43 Å². The van der Waals surface area contributed by atoms with E-state index in [0.717, 1.165) is 5.69 Å². The first kappa shape index (κ1) is 8.94. The topological polar surface area (TPSA) is 32.9 Å². The Morgan fingerprint density at radius 1 is 1.29 bits per heavy atom. The van der Waals surface area contributed by atoms with Crippen LogP contribution in [0.5, 0.6) is 0 Å². The predicted molar refractivity (Wildman–Crippen MR) is 54.0 cm³/mol. The van der Waals surface area contributed by atoms with Gasteiger partial charge >= 0.3 is 0 Å². The van der Waals surface area contributed by atoms with Gasteiger partial charge in [-0.1, -0.05) is 0 Å². The second-order valence-electron chi connectivity index (χ2n) is 3.41. The van der Waals surface area contributed by atoms with E-state index in [1.807, 2.05) is 0 Å². The lowest BCUT2D eigenvalue weighted by Crippen LogP contribution is -2.04. The van der Waals surface area contributed by atoms with Crippen LogP contribution in [0.25, 0.3) is 10.9 Å². The zero-order chi connectivity index (χ0) is 10.3. The van der Waals surface area contributed by atoms with Gasteiger partial charge < -0.3 is 4.98 Å². The zero-order valence-corrected chi connectivity index (χ0v) is 8.02. The summed E-state index contributed by atoms with van der Waals surface area (Å²) in [6, 6.07) is 4.35. The molecule has 0 bridgehead atoms. The molecule has 0 aliphatic heterocycles. The Kier molecular flexibility index (Phi) is 1.88. The molecule has 0 aliphatic rings. The van der Waals surface area contributed by atoms with Gasteiger partial charge in [0.05, 0.1) is 5.52 Å². The average molecular weight is 191 g/mol. The molecule has 0 unspecified atom stereocenters. The molecule has 0 saturated carbocycles. The van der Waals surface area contributed by atoms with E-state index in [1.54, 1.807) is 13.8 Å². The molecule has 0 atom stereocenters. The smallest absolute Gasteiger partial charge is 0.189 e. The van der Waals surface area contributed by atoms with Crippen LogP contribution in [0.15, 0.2) is 23.0 Å². The molecule has 72 valence electrons. The van der Waals surface area contributed by atoms with E-state index in [-0.39, 0.29) is 11.2 Å². The maximum atomic E-state index is 13.2. The lowest BCUT2D eigenvalue weighted by molar-refractivity contribution is 0.620. The van der Waals surface area contributed by atoms with Crippen molar-refractivity contribution in [1.29, 1.82) is 0 Å². The number of fused-ring (bicyclic) bond motifs is 1. The van der Waals surface area contributed by atoms with Crippen LogP contribution in [0.4, 0.5) is 4.39 Å². The van der Waals surface area contributed by atoms with Crippen LogP contribution in [0, 0.1) is 19.7 Å². The summed E-state index contributed by atoms with van der Waals surface area (Å²) < 4.78 is 13.2. The van der Waals surface area contributed by atoms with E-state index in [4.69, 9.17) is 0 Å². The van der Waals surface area contributed by atoms with Crippen LogP contribution >= 0.6 is 0 Å². The number of aromatic nitrogens is 1. The molecule has 0 fully saturated rings. The highest BCUT2D eigenvalue weighted by Crippen LogP contribution is 2.16. The Hall–Kier alpha value is -1.64. The van der Waals surface area contributed by atoms with Crippen molar-refractivity contribution in [3.8, 4) is 0 Å². The van der Waals surface area contributed by atoms with Gasteiger partial charge in [-0.25, -0.2) is 4.39 Å². The minimum atomic E-state index is -0.293. The molecule has 0 spiro atoms. The van der Waals surface area contributed by atoms with Crippen molar-refractivity contribution in [1.82, 2.24) is 4.98 Å². The Balaban J connectivity index is 3.03. The van der Waals surface area contributed by atoms with Gasteiger partial charge in [-0.3, -0.25) is 4.79 Å². The van der Waals surface area contributed by atoms with Gasteiger partial charge in [0.2, 0.25) is 0 Å². The predicted octanol–water partition coefficient (Wildman–Crippen LogP) is 2.28. The SMILES string of the molecule is Cc1cc(=O)c2ccc(F)c(C)c2[nH]1. The van der Waals surface area contributed by atoms with Crippen LogP contribution in [0.2, 0.25) is 0 Å². The number of rotatable bonds is 0. The van der Waals surface area contributed by atoms with E-state index in [0.29, 0.717) is 16.5 Å². The largest absolute Gasteiger partial charge is 0.358 e. The summed E-state index contributed by atoms with van der Waals surface area (Å²) in [4.78, 5) is 14.5. The molecule has 1 N–H and O–H groups in total. The van der Waals surface area contributed by atoms with Crippen LogP contribution in [-0.4, -0.2) is 4.98 Å². The van der Waals surface area contributed by atoms with Gasteiger partial charge in [-0.05, 0) is 26.0 Å². The summed E-state index contributed by atoms with van der Waals surface area (Å²) in [6.07, 6.45) is 0. The summed E-state index contributed by atoms with van der Waals surface area (Å²) in [6.45, 7) is 3.44. The fourth-order valence-corrected chi connectivity index (χ4v) is 1.56. The third-order valence-electron chi connectivity index (χ3n) is 2.33. The monoisotopic (exact) mass is 191 g/mol. The van der Waals surface area contributed by atoms with Crippen molar-refractivity contribution in [2.24, 2.45) is 0 Å². The van der Waals surface area contributed by atoms with Crippen molar-refractivity contribution in [2.75, 3.05) is 0 Å². The minimum absolute atomic E-state index is 0.0700. The second kappa shape index (κ2) is 2.94. The molecule has 0 saturated heterocycles. The molecule has 2 nitrogen and oxygen atoms in total. The molecule has 1 aromatic heterocycles. The van der Waals surface area contributed by atoms with Gasteiger partial charge in [-0.2, -0.15) is 0 Å². The van der Waals surface area contributed by atoms with Crippen molar-refractivity contribution in [3.63, 3.8) is 0 Å². The van der Waals surface area contributed by atoms with E-state index < -0.39 is 0 Å². The van der Waals surface area contributed by atoms with E-state index in [9.17, 15) is 9.18 Å². The summed E-state index contributed by atoms with van der Waals surface area (Å²) in [5.41, 5.74) is 1.76. The second-order valence-corrected chi connectivity index (χ2v) is 3.41. The molecule has 3 heteroatoms. The molecule has 14 heavy (non-hydrogen) atoms. The Morgan fingerprint density at radius 3 is 2.71 bits per heavy atom. The van der Waals surface area contributed by atoms with Gasteiger partial charge in [0.1, 0.15) is 5.82 Å². The Labute approximate surface area is 80.4 Å². The highest BCUT2D eigenvalue weighted by atomic mass is 19.1. The molecule has 0 aliphatic carbocycles. The van der Waals surface area contributed by atoms with Crippen LogP contribution in [0.3, 0.4) is 0 Å². The van der Waals surface area contributed by atoms with E-state index >= 15 is 0 Å². The lowest BCUT2D eigenvalue weighted by Gasteiger charge is -2.03. The molecule has 2 rings (SSSR count). The minimum Gasteiger partial charge on any atom is -0.358 e. The molecular weight excluding hydrogens is 181 g/mol. The Bertz CT molecular complexity index is 557. The summed E-state index contributed by atoms with van der Waals surface area (Å²) in [7, 11) is 0. The number of aromatic amines is 1. The first-order chi connectivity index (χ1) is 6.59. The van der Waals surface area contributed by atoms with Crippen molar-refractivity contribution >= 4 is 10.9 Å². The molecule has 0 radical (unpaired) electrons. The average Bonchev–Trinajstić information content (AvgIpc) is 2.12. The van der Waals surface area contributed by atoms with Gasteiger partial charge in [0, 0.05) is 22.7 Å². The van der Waals surface area contributed by atoms with Crippen molar-refractivity contribution in [2.45, 2.75) is 13.8 Å². The van der Waals surface area contributed by atoms with Gasteiger partial charge in [-0.15, -0.1) is 0 Å². The number of benzene rings is 1. The number of halogens is 1. The number of nitrogens with one attached hydrogen (secondary N) is 1. The number of H-pyrrole nitrogens is 1. The first-order valence-corrected chi connectivity index (χ1v) is 4.38. The fourth-order valence-electron chi connectivity index (χ4n) is 1.56. The fraction of sp³-hybridized carbons (Fsp3) is 0.182. The molecule has 1 aromatic carbocycles. The van der Waals surface area contributed by atoms with Crippen LogP contribution in [-0.2, 0) is 0 Å². The molecular formula is C11H10FNO. The van der Waals surface area contributed by atoms with Crippen molar-refractivity contribution in [3.05, 3.63) is 45.5 Å². The molecule has 1 heterocycles. The lowest BCUT2D eigenvalue weighted by atomic mass is 10.1. The maximum Gasteiger partial charge on any atom is 0.189 e. The maximum absolute atomic E-state index is 13.2. The summed E-state index contributed by atoms with van der Waals surface area (Å²) in [5.74, 6) is -0.293. The highest BCUT2D eigenvalue weighted by molar-refractivity contribution is 5.81. The van der Waals surface area contributed by atoms with Crippen molar-refractivity contribution < 1.29 is 4.39 Å². The number of pyridine rings is 1. The number of hydrogen-bond acceptors (Lipinski definition) is 1. The first-order valence-electron chi connectivity index (χ1n) is 4.38. The van der Waals surface area contributed by atoms with Crippen LogP contribution in [0.1, 0.15) is 11.3 Å². The van der Waals surface area contributed by atoms with E-state index in [2.05, 4.69) is 4.98 Å². The zero-order valence-electron chi connectivity index (χ0n) is 8.02. The number of hydrogen-bond donors (Lipinski definition) is 1. The molecule has 2 aromatic rings. The third kappa shape index (κ3) is 1.21. The highest BCUT2D eigenvalue weighted by Gasteiger charge is 2.05. The number of aryl methyl sites for hydroxylation is 2. The normalized spacial score (nSPS) is 10.8. The molecule has 0 amide bonds. The summed E-state index contributed by atoms with van der Waals surface area (Å²) >= 11 is 0. The van der Waals surface area contributed by atoms with Crippen LogP contribution < -0.4 is 5.43 Å².